The van der Waals surface area contributed by atoms with Crippen LogP contribution in [0.4, 0.5) is 0 Å². The molecule has 2 saturated heterocycles. The van der Waals surface area contributed by atoms with Crippen molar-refractivity contribution in [1.29, 1.82) is 0 Å². The van der Waals surface area contributed by atoms with Crippen LogP contribution in [0.1, 0.15) is 26.7 Å². The van der Waals surface area contributed by atoms with Crippen molar-refractivity contribution in [3.8, 4) is 0 Å². The second-order valence-corrected chi connectivity index (χ2v) is 7.87. The van der Waals surface area contributed by atoms with Gasteiger partial charge in [0, 0.05) is 25.2 Å². The molecule has 0 amide bonds. The van der Waals surface area contributed by atoms with Gasteiger partial charge in [0.2, 0.25) is 0 Å². The lowest BCUT2D eigenvalue weighted by Gasteiger charge is -2.39. The monoisotopic (exact) mass is 260 g/mol. The van der Waals surface area contributed by atoms with E-state index in [9.17, 15) is 8.42 Å². The maximum Gasteiger partial charge on any atom is 0.153 e. The molecule has 0 spiro atoms. The molecule has 2 fully saturated rings. The molecule has 2 aliphatic rings. The van der Waals surface area contributed by atoms with Crippen molar-refractivity contribution >= 4 is 9.84 Å². The summed E-state index contributed by atoms with van der Waals surface area (Å²) in [7, 11) is -2.78. The van der Waals surface area contributed by atoms with E-state index in [1.807, 2.05) is 6.92 Å². The molecule has 0 aromatic carbocycles. The summed E-state index contributed by atoms with van der Waals surface area (Å²) in [5.74, 6) is 1.36. The lowest BCUT2D eigenvalue weighted by Crippen LogP contribution is -2.54. The summed E-state index contributed by atoms with van der Waals surface area (Å²) < 4.78 is 23.0. The van der Waals surface area contributed by atoms with Crippen LogP contribution in [0.3, 0.4) is 0 Å². The molecule has 3 unspecified atom stereocenters. The Bertz CT molecular complexity index is 356. The fraction of sp³-hybridized carbons (Fsp3) is 1.00. The van der Waals surface area contributed by atoms with Crippen molar-refractivity contribution in [1.82, 2.24) is 10.2 Å². The van der Waals surface area contributed by atoms with Gasteiger partial charge in [0.1, 0.15) is 0 Å². The number of sulfone groups is 1. The average molecular weight is 260 g/mol. The van der Waals surface area contributed by atoms with Crippen molar-refractivity contribution in [2.45, 2.75) is 38.8 Å². The van der Waals surface area contributed by atoms with Crippen LogP contribution < -0.4 is 5.32 Å². The molecule has 0 aromatic rings. The minimum Gasteiger partial charge on any atom is -0.312 e. The summed E-state index contributed by atoms with van der Waals surface area (Å²) in [6, 6.07) is 0.705. The van der Waals surface area contributed by atoms with Crippen LogP contribution in [0.25, 0.3) is 0 Å². The first-order chi connectivity index (χ1) is 7.98. The summed E-state index contributed by atoms with van der Waals surface area (Å²) >= 11 is 0. The molecule has 0 saturated carbocycles. The highest BCUT2D eigenvalue weighted by atomic mass is 32.2. The summed E-state index contributed by atoms with van der Waals surface area (Å²) in [6.07, 6.45) is 2.56. The van der Waals surface area contributed by atoms with Gasteiger partial charge in [-0.05, 0) is 32.2 Å². The predicted molar refractivity (Wildman–Crippen MR) is 69.9 cm³/mol. The van der Waals surface area contributed by atoms with E-state index in [0.29, 0.717) is 30.0 Å². The summed E-state index contributed by atoms with van der Waals surface area (Å²) in [5.41, 5.74) is 0. The Hall–Kier alpha value is -0.130. The Labute approximate surface area is 105 Å². The van der Waals surface area contributed by atoms with Crippen LogP contribution in [-0.2, 0) is 9.84 Å². The lowest BCUT2D eigenvalue weighted by atomic mass is 9.92. The standard InChI is InChI=1S/C12H24N2O2S/c1-10-4-3-5-13-12(10)8-14-6-7-17(15,16)9-11(14)2/h10-13H,3-9H2,1-2H3. The lowest BCUT2D eigenvalue weighted by molar-refractivity contribution is 0.164. The maximum absolute atomic E-state index is 11.5. The van der Waals surface area contributed by atoms with Gasteiger partial charge in [-0.15, -0.1) is 0 Å². The minimum atomic E-state index is -2.78. The Morgan fingerprint density at radius 1 is 1.35 bits per heavy atom. The van der Waals surface area contributed by atoms with Crippen molar-refractivity contribution in [3.63, 3.8) is 0 Å². The van der Waals surface area contributed by atoms with Gasteiger partial charge in [-0.25, -0.2) is 8.42 Å². The molecule has 2 aliphatic heterocycles. The molecular weight excluding hydrogens is 236 g/mol. The Kier molecular flexibility index (Phi) is 4.10. The number of nitrogens with one attached hydrogen (secondary N) is 1. The van der Waals surface area contributed by atoms with Gasteiger partial charge >= 0.3 is 0 Å². The summed E-state index contributed by atoms with van der Waals surface area (Å²) in [5, 5.41) is 3.57. The Balaban J connectivity index is 1.91. The van der Waals surface area contributed by atoms with E-state index >= 15 is 0 Å². The second kappa shape index (κ2) is 5.24. The third-order valence-corrected chi connectivity index (χ3v) is 5.96. The maximum atomic E-state index is 11.5. The number of hydrogen-bond donors (Lipinski definition) is 1. The zero-order valence-corrected chi connectivity index (χ0v) is 11.7. The summed E-state index contributed by atoms with van der Waals surface area (Å²) in [6.45, 7) is 7.13. The highest BCUT2D eigenvalue weighted by Gasteiger charge is 2.31. The molecule has 0 radical (unpaired) electrons. The quantitative estimate of drug-likeness (QED) is 0.785. The topological polar surface area (TPSA) is 49.4 Å². The van der Waals surface area contributed by atoms with Crippen molar-refractivity contribution in [3.05, 3.63) is 0 Å². The first kappa shape index (κ1) is 13.3. The number of hydrogen-bond acceptors (Lipinski definition) is 4. The highest BCUT2D eigenvalue weighted by Crippen LogP contribution is 2.19. The van der Waals surface area contributed by atoms with E-state index in [0.717, 1.165) is 13.1 Å². The Morgan fingerprint density at radius 3 is 2.76 bits per heavy atom. The molecule has 100 valence electrons. The van der Waals surface area contributed by atoms with Gasteiger partial charge in [-0.2, -0.15) is 0 Å². The number of rotatable bonds is 2. The molecular formula is C12H24N2O2S. The SMILES string of the molecule is CC1CCCNC1CN1CCS(=O)(=O)CC1C. The van der Waals surface area contributed by atoms with Crippen LogP contribution in [0, 0.1) is 5.92 Å². The zero-order valence-electron chi connectivity index (χ0n) is 10.9. The van der Waals surface area contributed by atoms with E-state index in [2.05, 4.69) is 17.1 Å². The molecule has 2 rings (SSSR count). The van der Waals surface area contributed by atoms with Crippen molar-refractivity contribution < 1.29 is 8.42 Å². The van der Waals surface area contributed by atoms with Gasteiger partial charge in [-0.1, -0.05) is 6.92 Å². The molecule has 5 heteroatoms. The van der Waals surface area contributed by atoms with Crippen LogP contribution in [0.15, 0.2) is 0 Å². The van der Waals surface area contributed by atoms with Crippen LogP contribution in [0.5, 0.6) is 0 Å². The molecule has 0 aromatic heterocycles. The van der Waals surface area contributed by atoms with Crippen molar-refractivity contribution in [2.75, 3.05) is 31.1 Å². The highest BCUT2D eigenvalue weighted by molar-refractivity contribution is 7.91. The minimum absolute atomic E-state index is 0.171. The number of nitrogens with zero attached hydrogens (tertiary/aromatic N) is 1. The molecule has 0 aliphatic carbocycles. The predicted octanol–water partition coefficient (Wildman–Crippen LogP) is 0.493. The van der Waals surface area contributed by atoms with E-state index in [-0.39, 0.29) is 6.04 Å². The van der Waals surface area contributed by atoms with E-state index in [1.165, 1.54) is 12.8 Å². The third kappa shape index (κ3) is 3.42. The first-order valence-electron chi connectivity index (χ1n) is 6.66. The molecule has 2 heterocycles. The molecule has 3 atom stereocenters. The van der Waals surface area contributed by atoms with E-state index in [1.54, 1.807) is 0 Å². The van der Waals surface area contributed by atoms with Gasteiger partial charge in [0.15, 0.2) is 9.84 Å². The zero-order chi connectivity index (χ0) is 12.5. The number of piperidine rings is 1. The van der Waals surface area contributed by atoms with Gasteiger partial charge in [-0.3, -0.25) is 4.90 Å². The smallest absolute Gasteiger partial charge is 0.153 e. The third-order valence-electron chi connectivity index (χ3n) is 4.17. The van der Waals surface area contributed by atoms with Gasteiger partial charge in [0.05, 0.1) is 11.5 Å². The second-order valence-electron chi connectivity index (χ2n) is 5.64. The van der Waals surface area contributed by atoms with E-state index in [4.69, 9.17) is 0 Å². The van der Waals surface area contributed by atoms with E-state index < -0.39 is 9.84 Å². The fourth-order valence-electron chi connectivity index (χ4n) is 2.92. The van der Waals surface area contributed by atoms with Gasteiger partial charge in [0.25, 0.3) is 0 Å². The molecule has 17 heavy (non-hydrogen) atoms. The van der Waals surface area contributed by atoms with Crippen LogP contribution >= 0.6 is 0 Å². The average Bonchev–Trinajstić information content (AvgIpc) is 2.24. The summed E-state index contributed by atoms with van der Waals surface area (Å²) in [4.78, 5) is 2.33. The van der Waals surface area contributed by atoms with Gasteiger partial charge < -0.3 is 5.32 Å². The van der Waals surface area contributed by atoms with Crippen molar-refractivity contribution in [2.24, 2.45) is 5.92 Å². The molecule has 0 bridgehead atoms. The van der Waals surface area contributed by atoms with Crippen LogP contribution in [0.2, 0.25) is 0 Å². The largest absolute Gasteiger partial charge is 0.312 e. The normalized spacial score (nSPS) is 39.1. The first-order valence-corrected chi connectivity index (χ1v) is 8.48. The Morgan fingerprint density at radius 2 is 2.12 bits per heavy atom. The fourth-order valence-corrected chi connectivity index (χ4v) is 4.54. The molecule has 1 N–H and O–H groups in total. The van der Waals surface area contributed by atoms with Crippen LogP contribution in [-0.4, -0.2) is 56.5 Å². The molecule has 4 nitrogen and oxygen atoms in total.